The van der Waals surface area contributed by atoms with Gasteiger partial charge in [-0.2, -0.15) is 0 Å². The zero-order valence-electron chi connectivity index (χ0n) is 26.2. The van der Waals surface area contributed by atoms with E-state index in [1.165, 1.54) is 4.90 Å². The summed E-state index contributed by atoms with van der Waals surface area (Å²) in [5, 5.41) is 13.6. The second-order valence-corrected chi connectivity index (χ2v) is 12.8. The first-order valence-corrected chi connectivity index (χ1v) is 16.0. The summed E-state index contributed by atoms with van der Waals surface area (Å²) in [5.74, 6) is -3.71. The fraction of sp³-hybridized carbons (Fsp3) is 0.444. The molecule has 6 rings (SSSR count). The number of aliphatic hydroxyl groups excluding tert-OH is 1. The van der Waals surface area contributed by atoms with Crippen LogP contribution in [0.1, 0.15) is 43.9 Å². The lowest BCUT2D eigenvalue weighted by Gasteiger charge is -2.40. The standard InChI is InChI=1S/C36H41N3O7/c1-23(2)27(21-40)39-32-35(44)38(20-24-12-5-3-6-13-24)19-11-18-36(32)31(34(39)43)30-28(46-36)16-9-10-17-29(41)45-22-26(37-33(30)42)25-14-7-4-8-15-25/h3-9,11-16,18,23,26-28,30-32,40H,10,17,19-22H2,1-2H3,(H,37,42)/b16-9-/t26-,27+,28+,30-,31-,32+,36-/m1/s1. The molecule has 2 saturated heterocycles. The van der Waals surface area contributed by atoms with Crippen LogP contribution in [0.25, 0.3) is 0 Å². The van der Waals surface area contributed by atoms with Crippen molar-refractivity contribution in [2.75, 3.05) is 19.8 Å². The van der Waals surface area contributed by atoms with Gasteiger partial charge >= 0.3 is 5.97 Å². The molecule has 2 aromatic rings. The van der Waals surface area contributed by atoms with Gasteiger partial charge in [0.05, 0.1) is 36.6 Å². The highest BCUT2D eigenvalue weighted by Crippen LogP contribution is 2.53. The highest BCUT2D eigenvalue weighted by molar-refractivity contribution is 6.00. The number of benzene rings is 2. The van der Waals surface area contributed by atoms with E-state index in [4.69, 9.17) is 9.47 Å². The quantitative estimate of drug-likeness (QED) is 0.373. The Balaban J connectivity index is 1.43. The molecule has 2 N–H and O–H groups in total. The molecule has 3 amide bonds. The summed E-state index contributed by atoms with van der Waals surface area (Å²) in [5.41, 5.74) is 0.239. The van der Waals surface area contributed by atoms with Crippen LogP contribution in [0.4, 0.5) is 0 Å². The monoisotopic (exact) mass is 627 g/mol. The van der Waals surface area contributed by atoms with Crippen LogP contribution in [0.3, 0.4) is 0 Å². The number of hydrogen-bond acceptors (Lipinski definition) is 7. The molecule has 10 nitrogen and oxygen atoms in total. The van der Waals surface area contributed by atoms with E-state index in [0.717, 1.165) is 11.1 Å². The number of aliphatic hydroxyl groups is 1. The minimum atomic E-state index is -1.45. The molecule has 10 heteroatoms. The number of carbonyl (C=O) groups excluding carboxylic acids is 4. The molecule has 0 aromatic heterocycles. The van der Waals surface area contributed by atoms with Gasteiger partial charge in [0.1, 0.15) is 18.2 Å². The van der Waals surface area contributed by atoms with Crippen LogP contribution in [-0.4, -0.2) is 82.1 Å². The average molecular weight is 628 g/mol. The molecular weight excluding hydrogens is 586 g/mol. The zero-order valence-corrected chi connectivity index (χ0v) is 26.2. The Hall–Kier alpha value is -4.28. The molecular formula is C36H41N3O7. The average Bonchev–Trinajstić information content (AvgIpc) is 3.44. The number of amides is 3. The fourth-order valence-corrected chi connectivity index (χ4v) is 7.35. The van der Waals surface area contributed by atoms with Gasteiger partial charge in [0.15, 0.2) is 0 Å². The van der Waals surface area contributed by atoms with E-state index in [0.29, 0.717) is 19.5 Å². The number of nitrogens with zero attached hydrogens (tertiary/aromatic N) is 2. The summed E-state index contributed by atoms with van der Waals surface area (Å²) in [6.07, 6.45) is 6.82. The van der Waals surface area contributed by atoms with Crippen LogP contribution in [0.5, 0.6) is 0 Å². The molecule has 4 heterocycles. The van der Waals surface area contributed by atoms with E-state index >= 15 is 0 Å². The number of fused-ring (bicyclic) bond motifs is 2. The Morgan fingerprint density at radius 1 is 0.978 bits per heavy atom. The van der Waals surface area contributed by atoms with Crippen LogP contribution in [0, 0.1) is 17.8 Å². The molecule has 2 aromatic carbocycles. The molecule has 46 heavy (non-hydrogen) atoms. The maximum Gasteiger partial charge on any atom is 0.306 e. The Labute approximate surface area is 269 Å². The number of allylic oxidation sites excluding steroid dienone is 1. The molecule has 4 aliphatic heterocycles. The summed E-state index contributed by atoms with van der Waals surface area (Å²) >= 11 is 0. The lowest BCUT2D eigenvalue weighted by atomic mass is 9.77. The SMILES string of the molecule is CC(C)[C@H](CO)N1C(=O)[C@H]2[C@@H]3C(=O)N[C@@H](c4ccccc4)COC(=O)CC/C=C\[C@@H]3O[C@]23C=CCN(Cc2ccccc2)C(=O)[C@H]13. The van der Waals surface area contributed by atoms with Crippen molar-refractivity contribution in [2.45, 2.75) is 63.1 Å². The number of nitrogens with one attached hydrogen (secondary N) is 1. The first-order valence-electron chi connectivity index (χ1n) is 16.0. The molecule has 1 spiro atoms. The van der Waals surface area contributed by atoms with Gasteiger partial charge in [-0.1, -0.05) is 98.8 Å². The van der Waals surface area contributed by atoms with Gasteiger partial charge in [-0.05, 0) is 23.5 Å². The summed E-state index contributed by atoms with van der Waals surface area (Å²) in [4.78, 5) is 59.4. The van der Waals surface area contributed by atoms with Crippen molar-refractivity contribution in [2.24, 2.45) is 17.8 Å². The third-order valence-electron chi connectivity index (χ3n) is 9.62. The Morgan fingerprint density at radius 3 is 2.39 bits per heavy atom. The van der Waals surface area contributed by atoms with Crippen LogP contribution < -0.4 is 5.32 Å². The second kappa shape index (κ2) is 13.2. The van der Waals surface area contributed by atoms with Crippen molar-refractivity contribution in [1.29, 1.82) is 0 Å². The maximum atomic E-state index is 14.7. The van der Waals surface area contributed by atoms with Crippen molar-refractivity contribution in [3.05, 3.63) is 96.1 Å². The van der Waals surface area contributed by atoms with Gasteiger partial charge in [0.2, 0.25) is 17.7 Å². The molecule has 0 radical (unpaired) electrons. The van der Waals surface area contributed by atoms with Crippen LogP contribution in [0.2, 0.25) is 0 Å². The van der Waals surface area contributed by atoms with E-state index in [-0.39, 0.29) is 37.4 Å². The molecule has 2 fully saturated rings. The third-order valence-corrected chi connectivity index (χ3v) is 9.62. The van der Waals surface area contributed by atoms with Gasteiger partial charge in [-0.3, -0.25) is 19.2 Å². The molecule has 0 bridgehead atoms. The lowest BCUT2D eigenvalue weighted by Crippen LogP contribution is -2.59. The van der Waals surface area contributed by atoms with Crippen molar-refractivity contribution >= 4 is 23.7 Å². The third kappa shape index (κ3) is 5.76. The number of cyclic esters (lactones) is 1. The molecule has 242 valence electrons. The number of esters is 1. The Morgan fingerprint density at radius 2 is 1.70 bits per heavy atom. The number of likely N-dealkylation sites (tertiary alicyclic amines) is 1. The number of rotatable bonds is 6. The summed E-state index contributed by atoms with van der Waals surface area (Å²) in [6.45, 7) is 4.00. The summed E-state index contributed by atoms with van der Waals surface area (Å²) < 4.78 is 12.3. The largest absolute Gasteiger partial charge is 0.463 e. The predicted molar refractivity (Wildman–Crippen MR) is 169 cm³/mol. The minimum Gasteiger partial charge on any atom is -0.463 e. The topological polar surface area (TPSA) is 125 Å². The maximum absolute atomic E-state index is 14.7. The van der Waals surface area contributed by atoms with Crippen LogP contribution >= 0.6 is 0 Å². The van der Waals surface area contributed by atoms with Crippen LogP contribution in [-0.2, 0) is 35.2 Å². The summed E-state index contributed by atoms with van der Waals surface area (Å²) in [6, 6.07) is 16.4. The van der Waals surface area contributed by atoms with E-state index in [1.54, 1.807) is 23.1 Å². The molecule has 0 saturated carbocycles. The van der Waals surface area contributed by atoms with Crippen molar-refractivity contribution in [1.82, 2.24) is 15.1 Å². The van der Waals surface area contributed by atoms with Gasteiger partial charge in [-0.25, -0.2) is 0 Å². The number of ether oxygens (including phenoxy) is 2. The van der Waals surface area contributed by atoms with Gasteiger partial charge < -0.3 is 29.7 Å². The second-order valence-electron chi connectivity index (χ2n) is 12.8. The van der Waals surface area contributed by atoms with Gasteiger partial charge in [0.25, 0.3) is 0 Å². The Bertz CT molecular complexity index is 1510. The molecule has 7 atom stereocenters. The normalized spacial score (nSPS) is 31.2. The highest BCUT2D eigenvalue weighted by Gasteiger charge is 2.72. The van der Waals surface area contributed by atoms with Crippen molar-refractivity contribution in [3.63, 3.8) is 0 Å². The number of hydrogen-bond donors (Lipinski definition) is 2. The van der Waals surface area contributed by atoms with Gasteiger partial charge in [0, 0.05) is 19.5 Å². The summed E-state index contributed by atoms with van der Waals surface area (Å²) in [7, 11) is 0. The highest BCUT2D eigenvalue weighted by atomic mass is 16.5. The van der Waals surface area contributed by atoms with E-state index in [1.807, 2.05) is 80.6 Å². The first kappa shape index (κ1) is 31.7. The first-order chi connectivity index (χ1) is 22.2. The molecule has 4 aliphatic rings. The van der Waals surface area contributed by atoms with Crippen molar-refractivity contribution in [3.8, 4) is 0 Å². The van der Waals surface area contributed by atoms with E-state index in [9.17, 15) is 24.3 Å². The van der Waals surface area contributed by atoms with Crippen molar-refractivity contribution < 1.29 is 33.8 Å². The fourth-order valence-electron chi connectivity index (χ4n) is 7.35. The Kier molecular flexibility index (Phi) is 9.11. The van der Waals surface area contributed by atoms with E-state index < -0.39 is 53.5 Å². The van der Waals surface area contributed by atoms with Gasteiger partial charge in [-0.15, -0.1) is 0 Å². The molecule has 0 unspecified atom stereocenters. The minimum absolute atomic E-state index is 0.0676. The predicted octanol–water partition coefficient (Wildman–Crippen LogP) is 2.93. The van der Waals surface area contributed by atoms with E-state index in [2.05, 4.69) is 5.32 Å². The number of carbonyl (C=O) groups is 4. The van der Waals surface area contributed by atoms with Crippen LogP contribution in [0.15, 0.2) is 85.0 Å². The molecule has 0 aliphatic carbocycles. The lowest BCUT2D eigenvalue weighted by molar-refractivity contribution is -0.152. The smallest absolute Gasteiger partial charge is 0.306 e. The zero-order chi connectivity index (χ0) is 32.4.